The number of allylic oxidation sites excluding steroid dienone is 1. The van der Waals surface area contributed by atoms with Crippen molar-refractivity contribution >= 4 is 17.4 Å². The fraction of sp³-hybridized carbons (Fsp3) is 0.200. The Kier molecular flexibility index (Phi) is 3.72. The Labute approximate surface area is 106 Å². The molecule has 3 nitrogen and oxygen atoms in total. The van der Waals surface area contributed by atoms with Crippen LogP contribution in [-0.2, 0) is 9.59 Å². The lowest BCUT2D eigenvalue weighted by atomic mass is 10.1. The SMILES string of the molecule is C/C(=C/C(=O)N1CCC=CC1=O)c1ccccc1. The van der Waals surface area contributed by atoms with Gasteiger partial charge in [0.15, 0.2) is 0 Å². The summed E-state index contributed by atoms with van der Waals surface area (Å²) >= 11 is 0. The van der Waals surface area contributed by atoms with Crippen molar-refractivity contribution in [3.63, 3.8) is 0 Å². The Morgan fingerprint density at radius 2 is 2.00 bits per heavy atom. The monoisotopic (exact) mass is 241 g/mol. The first-order chi connectivity index (χ1) is 8.68. The van der Waals surface area contributed by atoms with Crippen LogP contribution in [0.2, 0.25) is 0 Å². The Morgan fingerprint density at radius 3 is 2.67 bits per heavy atom. The molecule has 92 valence electrons. The van der Waals surface area contributed by atoms with Crippen LogP contribution in [0.4, 0.5) is 0 Å². The predicted molar refractivity (Wildman–Crippen MR) is 70.6 cm³/mol. The molecule has 1 aromatic carbocycles. The van der Waals surface area contributed by atoms with Gasteiger partial charge in [0.05, 0.1) is 0 Å². The summed E-state index contributed by atoms with van der Waals surface area (Å²) in [5, 5.41) is 0. The summed E-state index contributed by atoms with van der Waals surface area (Å²) < 4.78 is 0. The van der Waals surface area contributed by atoms with Crippen LogP contribution in [0, 0.1) is 0 Å². The van der Waals surface area contributed by atoms with Gasteiger partial charge in [-0.2, -0.15) is 0 Å². The topological polar surface area (TPSA) is 37.4 Å². The number of imide groups is 1. The smallest absolute Gasteiger partial charge is 0.253 e. The summed E-state index contributed by atoms with van der Waals surface area (Å²) in [4.78, 5) is 24.8. The van der Waals surface area contributed by atoms with E-state index < -0.39 is 0 Å². The highest BCUT2D eigenvalue weighted by Gasteiger charge is 2.19. The fourth-order valence-corrected chi connectivity index (χ4v) is 1.85. The summed E-state index contributed by atoms with van der Waals surface area (Å²) in [6.45, 7) is 2.34. The highest BCUT2D eigenvalue weighted by atomic mass is 16.2. The second-order valence-corrected chi connectivity index (χ2v) is 4.21. The van der Waals surface area contributed by atoms with Gasteiger partial charge in [0, 0.05) is 12.6 Å². The fourth-order valence-electron chi connectivity index (χ4n) is 1.85. The molecule has 0 N–H and O–H groups in total. The van der Waals surface area contributed by atoms with Gasteiger partial charge >= 0.3 is 0 Å². The molecule has 0 saturated heterocycles. The predicted octanol–water partition coefficient (Wildman–Crippen LogP) is 2.41. The van der Waals surface area contributed by atoms with Crippen molar-refractivity contribution in [1.29, 1.82) is 0 Å². The van der Waals surface area contributed by atoms with Gasteiger partial charge in [-0.25, -0.2) is 0 Å². The summed E-state index contributed by atoms with van der Waals surface area (Å²) in [5.41, 5.74) is 1.86. The summed E-state index contributed by atoms with van der Waals surface area (Å²) in [6, 6.07) is 9.66. The van der Waals surface area contributed by atoms with E-state index in [-0.39, 0.29) is 11.8 Å². The van der Waals surface area contributed by atoms with E-state index in [1.807, 2.05) is 37.3 Å². The van der Waals surface area contributed by atoms with Gasteiger partial charge in [-0.05, 0) is 30.6 Å². The van der Waals surface area contributed by atoms with E-state index in [4.69, 9.17) is 0 Å². The Balaban J connectivity index is 2.15. The molecule has 0 spiro atoms. The highest BCUT2D eigenvalue weighted by molar-refractivity contribution is 6.07. The molecule has 18 heavy (non-hydrogen) atoms. The number of hydrogen-bond donors (Lipinski definition) is 0. The Morgan fingerprint density at radius 1 is 1.28 bits per heavy atom. The van der Waals surface area contributed by atoms with Gasteiger partial charge in [0.25, 0.3) is 11.8 Å². The van der Waals surface area contributed by atoms with Crippen molar-refractivity contribution in [2.75, 3.05) is 6.54 Å². The Hall–Kier alpha value is -2.16. The molecule has 0 atom stereocenters. The summed E-state index contributed by atoms with van der Waals surface area (Å²) in [5.74, 6) is -0.478. The quantitative estimate of drug-likeness (QED) is 0.746. The van der Waals surface area contributed by atoms with Crippen LogP contribution in [0.25, 0.3) is 5.57 Å². The van der Waals surface area contributed by atoms with Gasteiger partial charge in [-0.3, -0.25) is 14.5 Å². The largest absolute Gasteiger partial charge is 0.275 e. The standard InChI is InChI=1S/C15H15NO2/c1-12(13-7-3-2-4-8-13)11-15(18)16-10-6-5-9-14(16)17/h2-5,7-9,11H,6,10H2,1H3/b12-11-. The normalized spacial score (nSPS) is 15.9. The lowest BCUT2D eigenvalue weighted by Crippen LogP contribution is -2.37. The number of rotatable bonds is 2. The van der Waals surface area contributed by atoms with Crippen molar-refractivity contribution in [3.8, 4) is 0 Å². The maximum absolute atomic E-state index is 12.0. The van der Waals surface area contributed by atoms with E-state index in [0.717, 1.165) is 17.6 Å². The first-order valence-electron chi connectivity index (χ1n) is 5.94. The number of amides is 2. The van der Waals surface area contributed by atoms with E-state index in [1.54, 1.807) is 6.08 Å². The zero-order valence-electron chi connectivity index (χ0n) is 10.3. The molecule has 0 fully saturated rings. The molecule has 0 unspecified atom stereocenters. The van der Waals surface area contributed by atoms with E-state index in [1.165, 1.54) is 17.1 Å². The molecule has 2 amide bonds. The van der Waals surface area contributed by atoms with Gasteiger partial charge < -0.3 is 0 Å². The van der Waals surface area contributed by atoms with Crippen molar-refractivity contribution in [1.82, 2.24) is 4.90 Å². The highest BCUT2D eigenvalue weighted by Crippen LogP contribution is 2.14. The molecular formula is C15H15NO2. The van der Waals surface area contributed by atoms with Crippen LogP contribution in [-0.4, -0.2) is 23.3 Å². The minimum atomic E-state index is -0.245. The van der Waals surface area contributed by atoms with E-state index in [2.05, 4.69) is 0 Å². The average Bonchev–Trinajstić information content (AvgIpc) is 2.40. The molecular weight excluding hydrogens is 226 g/mol. The van der Waals surface area contributed by atoms with Crippen molar-refractivity contribution in [2.45, 2.75) is 13.3 Å². The molecule has 0 bridgehead atoms. The maximum Gasteiger partial charge on any atom is 0.253 e. The molecule has 2 rings (SSSR count). The molecule has 3 heteroatoms. The molecule has 0 saturated carbocycles. The summed E-state index contributed by atoms with van der Waals surface area (Å²) in [6.07, 6.45) is 5.50. The molecule has 0 radical (unpaired) electrons. The van der Waals surface area contributed by atoms with Crippen LogP contribution >= 0.6 is 0 Å². The van der Waals surface area contributed by atoms with Gasteiger partial charge in [0.2, 0.25) is 0 Å². The number of benzene rings is 1. The maximum atomic E-state index is 12.0. The van der Waals surface area contributed by atoms with E-state index in [0.29, 0.717) is 6.54 Å². The van der Waals surface area contributed by atoms with Crippen LogP contribution < -0.4 is 0 Å². The lowest BCUT2D eigenvalue weighted by Gasteiger charge is -2.20. The number of nitrogens with zero attached hydrogens (tertiary/aromatic N) is 1. The van der Waals surface area contributed by atoms with Crippen molar-refractivity contribution in [3.05, 3.63) is 54.1 Å². The number of hydrogen-bond acceptors (Lipinski definition) is 2. The van der Waals surface area contributed by atoms with Crippen LogP contribution in [0.1, 0.15) is 18.9 Å². The third-order valence-electron chi connectivity index (χ3n) is 2.88. The molecule has 1 aliphatic rings. The molecule has 1 aromatic rings. The van der Waals surface area contributed by atoms with Crippen molar-refractivity contribution < 1.29 is 9.59 Å². The second kappa shape index (κ2) is 5.45. The third-order valence-corrected chi connectivity index (χ3v) is 2.88. The van der Waals surface area contributed by atoms with Crippen LogP contribution in [0.3, 0.4) is 0 Å². The first kappa shape index (κ1) is 12.3. The second-order valence-electron chi connectivity index (χ2n) is 4.21. The van der Waals surface area contributed by atoms with Crippen LogP contribution in [0.15, 0.2) is 48.6 Å². The molecule has 1 aliphatic heterocycles. The first-order valence-corrected chi connectivity index (χ1v) is 5.94. The van der Waals surface area contributed by atoms with Crippen molar-refractivity contribution in [2.24, 2.45) is 0 Å². The number of carbonyl (C=O) groups is 2. The third kappa shape index (κ3) is 2.74. The Bertz CT molecular complexity index is 515. The van der Waals surface area contributed by atoms with Gasteiger partial charge in [0.1, 0.15) is 0 Å². The minimum Gasteiger partial charge on any atom is -0.275 e. The zero-order valence-corrected chi connectivity index (χ0v) is 10.3. The lowest BCUT2D eigenvalue weighted by molar-refractivity contribution is -0.139. The summed E-state index contributed by atoms with van der Waals surface area (Å²) in [7, 11) is 0. The average molecular weight is 241 g/mol. The minimum absolute atomic E-state index is 0.233. The zero-order chi connectivity index (χ0) is 13.0. The molecule has 0 aliphatic carbocycles. The molecule has 0 aromatic heterocycles. The van der Waals surface area contributed by atoms with Crippen LogP contribution in [0.5, 0.6) is 0 Å². The van der Waals surface area contributed by atoms with Gasteiger partial charge in [-0.15, -0.1) is 0 Å². The van der Waals surface area contributed by atoms with Gasteiger partial charge in [-0.1, -0.05) is 36.4 Å². The van der Waals surface area contributed by atoms with E-state index >= 15 is 0 Å². The number of carbonyl (C=O) groups excluding carboxylic acids is 2. The van der Waals surface area contributed by atoms with E-state index in [9.17, 15) is 9.59 Å². The molecule has 1 heterocycles.